The van der Waals surface area contributed by atoms with E-state index in [0.717, 1.165) is 36.0 Å². The average Bonchev–Trinajstić information content (AvgIpc) is 2.97. The lowest BCUT2D eigenvalue weighted by Crippen LogP contribution is -2.23. The number of aryl methyl sites for hydroxylation is 1. The molecule has 1 atom stereocenters. The van der Waals surface area contributed by atoms with E-state index >= 15 is 0 Å². The number of rotatable bonds is 6. The van der Waals surface area contributed by atoms with Crippen LogP contribution >= 0.6 is 0 Å². The van der Waals surface area contributed by atoms with E-state index in [1.165, 1.54) is 0 Å². The van der Waals surface area contributed by atoms with Crippen LogP contribution in [0.2, 0.25) is 0 Å². The van der Waals surface area contributed by atoms with Gasteiger partial charge in [0.2, 0.25) is 11.9 Å². The van der Waals surface area contributed by atoms with Crippen molar-refractivity contribution in [2.45, 2.75) is 39.2 Å². The molecule has 0 aliphatic rings. The van der Waals surface area contributed by atoms with E-state index < -0.39 is 0 Å². The SMILES string of the molecule is CCCC(C(=O)Nc1nc2ccccc2n1CC)c1ccccc1. The van der Waals surface area contributed by atoms with Crippen molar-refractivity contribution in [2.24, 2.45) is 0 Å². The number of nitrogens with zero attached hydrogens (tertiary/aromatic N) is 2. The number of anilines is 1. The predicted molar refractivity (Wildman–Crippen MR) is 98.1 cm³/mol. The maximum absolute atomic E-state index is 12.9. The van der Waals surface area contributed by atoms with Gasteiger partial charge in [-0.25, -0.2) is 4.98 Å². The van der Waals surface area contributed by atoms with Crippen LogP contribution in [0.25, 0.3) is 11.0 Å². The first kappa shape index (κ1) is 16.2. The predicted octanol–water partition coefficient (Wildman–Crippen LogP) is 4.58. The highest BCUT2D eigenvalue weighted by Gasteiger charge is 2.21. The summed E-state index contributed by atoms with van der Waals surface area (Å²) in [6.45, 7) is 4.93. The first-order valence-corrected chi connectivity index (χ1v) is 8.55. The second-order valence-corrected chi connectivity index (χ2v) is 5.91. The van der Waals surface area contributed by atoms with Crippen molar-refractivity contribution in [1.29, 1.82) is 0 Å². The Bertz CT molecular complexity index is 823. The molecule has 0 saturated heterocycles. The summed E-state index contributed by atoms with van der Waals surface area (Å²) in [5.74, 6) is 0.482. The molecule has 1 N–H and O–H groups in total. The molecule has 1 amide bonds. The summed E-state index contributed by atoms with van der Waals surface area (Å²) in [6, 6.07) is 17.9. The molecule has 124 valence electrons. The molecular formula is C20H23N3O. The molecule has 1 aromatic heterocycles. The zero-order valence-electron chi connectivity index (χ0n) is 14.2. The summed E-state index contributed by atoms with van der Waals surface area (Å²) in [5.41, 5.74) is 3.00. The Morgan fingerprint density at radius 3 is 2.50 bits per heavy atom. The van der Waals surface area contributed by atoms with E-state index in [0.29, 0.717) is 5.95 Å². The molecule has 0 aliphatic heterocycles. The van der Waals surface area contributed by atoms with E-state index in [-0.39, 0.29) is 11.8 Å². The number of hydrogen-bond acceptors (Lipinski definition) is 2. The first-order chi connectivity index (χ1) is 11.7. The topological polar surface area (TPSA) is 46.9 Å². The van der Waals surface area contributed by atoms with Gasteiger partial charge in [0.15, 0.2) is 0 Å². The number of amides is 1. The Labute approximate surface area is 142 Å². The highest BCUT2D eigenvalue weighted by Crippen LogP contribution is 2.25. The number of para-hydroxylation sites is 2. The smallest absolute Gasteiger partial charge is 0.234 e. The van der Waals surface area contributed by atoms with E-state index in [4.69, 9.17) is 0 Å². The monoisotopic (exact) mass is 321 g/mol. The van der Waals surface area contributed by atoms with Crippen LogP contribution < -0.4 is 5.32 Å². The Kier molecular flexibility index (Phi) is 4.94. The lowest BCUT2D eigenvalue weighted by Gasteiger charge is -2.16. The van der Waals surface area contributed by atoms with Crippen LogP contribution in [0.15, 0.2) is 54.6 Å². The molecule has 0 saturated carbocycles. The van der Waals surface area contributed by atoms with Gasteiger partial charge < -0.3 is 4.57 Å². The summed E-state index contributed by atoms with van der Waals surface area (Å²) in [7, 11) is 0. The van der Waals surface area contributed by atoms with Crippen LogP contribution in [0.1, 0.15) is 38.2 Å². The van der Waals surface area contributed by atoms with Gasteiger partial charge in [-0.15, -0.1) is 0 Å². The van der Waals surface area contributed by atoms with Crippen molar-refractivity contribution < 1.29 is 4.79 Å². The van der Waals surface area contributed by atoms with E-state index in [1.54, 1.807) is 0 Å². The van der Waals surface area contributed by atoms with E-state index in [1.807, 2.05) is 59.2 Å². The molecule has 4 nitrogen and oxygen atoms in total. The van der Waals surface area contributed by atoms with Gasteiger partial charge in [0.25, 0.3) is 0 Å². The standard InChI is InChI=1S/C20H23N3O/c1-3-10-16(15-11-6-5-7-12-15)19(24)22-20-21-17-13-8-9-14-18(17)23(20)4-2/h5-9,11-14,16H,3-4,10H2,1-2H3,(H,21,22,24). The molecular weight excluding hydrogens is 298 g/mol. The third-order valence-corrected chi connectivity index (χ3v) is 4.30. The molecule has 2 aromatic carbocycles. The largest absolute Gasteiger partial charge is 0.310 e. The molecule has 0 bridgehead atoms. The van der Waals surface area contributed by atoms with Crippen LogP contribution in [0.3, 0.4) is 0 Å². The second kappa shape index (κ2) is 7.30. The van der Waals surface area contributed by atoms with Crippen molar-refractivity contribution in [3.63, 3.8) is 0 Å². The third kappa shape index (κ3) is 3.18. The summed E-state index contributed by atoms with van der Waals surface area (Å²) < 4.78 is 2.04. The van der Waals surface area contributed by atoms with Gasteiger partial charge in [-0.05, 0) is 31.0 Å². The Morgan fingerprint density at radius 1 is 1.08 bits per heavy atom. The molecule has 0 spiro atoms. The summed E-state index contributed by atoms with van der Waals surface area (Å²) in [6.07, 6.45) is 1.78. The number of aromatic nitrogens is 2. The molecule has 3 aromatic rings. The van der Waals surface area contributed by atoms with E-state index in [9.17, 15) is 4.79 Å². The highest BCUT2D eigenvalue weighted by atomic mass is 16.2. The van der Waals surface area contributed by atoms with Gasteiger partial charge in [0.05, 0.1) is 17.0 Å². The number of imidazole rings is 1. The minimum Gasteiger partial charge on any atom is -0.310 e. The van der Waals surface area contributed by atoms with E-state index in [2.05, 4.69) is 24.1 Å². The Morgan fingerprint density at radius 2 is 1.79 bits per heavy atom. The van der Waals surface area contributed by atoms with Crippen LogP contribution in [0, 0.1) is 0 Å². The van der Waals surface area contributed by atoms with Crippen LogP contribution in [0.5, 0.6) is 0 Å². The van der Waals surface area contributed by atoms with Gasteiger partial charge in [-0.1, -0.05) is 55.8 Å². The van der Waals surface area contributed by atoms with Crippen molar-refractivity contribution in [2.75, 3.05) is 5.32 Å². The minimum atomic E-state index is -0.152. The Hall–Kier alpha value is -2.62. The second-order valence-electron chi connectivity index (χ2n) is 5.91. The summed E-state index contributed by atoms with van der Waals surface area (Å²) in [4.78, 5) is 17.5. The number of fused-ring (bicyclic) bond motifs is 1. The quantitative estimate of drug-likeness (QED) is 0.722. The minimum absolute atomic E-state index is 0.00746. The average molecular weight is 321 g/mol. The van der Waals surface area contributed by atoms with Crippen molar-refractivity contribution in [3.8, 4) is 0 Å². The zero-order chi connectivity index (χ0) is 16.9. The number of benzene rings is 2. The van der Waals surface area contributed by atoms with Gasteiger partial charge in [0.1, 0.15) is 0 Å². The highest BCUT2D eigenvalue weighted by molar-refractivity contribution is 5.96. The zero-order valence-corrected chi connectivity index (χ0v) is 14.2. The molecule has 0 fully saturated rings. The fourth-order valence-electron chi connectivity index (χ4n) is 3.11. The number of carbonyl (C=O) groups excluding carboxylic acids is 1. The van der Waals surface area contributed by atoms with Crippen LogP contribution in [0.4, 0.5) is 5.95 Å². The lowest BCUT2D eigenvalue weighted by atomic mass is 9.94. The maximum Gasteiger partial charge on any atom is 0.234 e. The van der Waals surface area contributed by atoms with Crippen LogP contribution in [-0.2, 0) is 11.3 Å². The molecule has 1 unspecified atom stereocenters. The third-order valence-electron chi connectivity index (χ3n) is 4.30. The van der Waals surface area contributed by atoms with Gasteiger partial charge in [-0.2, -0.15) is 0 Å². The van der Waals surface area contributed by atoms with Gasteiger partial charge in [0, 0.05) is 6.54 Å². The number of nitrogens with one attached hydrogen (secondary N) is 1. The van der Waals surface area contributed by atoms with Crippen molar-refractivity contribution in [1.82, 2.24) is 9.55 Å². The molecule has 0 aliphatic carbocycles. The Balaban J connectivity index is 1.90. The van der Waals surface area contributed by atoms with Gasteiger partial charge in [-0.3, -0.25) is 10.1 Å². The molecule has 3 rings (SSSR count). The fourth-order valence-corrected chi connectivity index (χ4v) is 3.11. The maximum atomic E-state index is 12.9. The number of carbonyl (C=O) groups is 1. The summed E-state index contributed by atoms with van der Waals surface area (Å²) >= 11 is 0. The normalized spacial score (nSPS) is 12.2. The molecule has 0 radical (unpaired) electrons. The summed E-state index contributed by atoms with van der Waals surface area (Å²) in [5, 5.41) is 3.05. The number of hydrogen-bond donors (Lipinski definition) is 1. The van der Waals surface area contributed by atoms with Crippen molar-refractivity contribution in [3.05, 3.63) is 60.2 Å². The van der Waals surface area contributed by atoms with Crippen LogP contribution in [-0.4, -0.2) is 15.5 Å². The first-order valence-electron chi connectivity index (χ1n) is 8.55. The fraction of sp³-hybridized carbons (Fsp3) is 0.300. The molecule has 24 heavy (non-hydrogen) atoms. The molecule has 4 heteroatoms. The molecule has 1 heterocycles. The van der Waals surface area contributed by atoms with Crippen molar-refractivity contribution >= 4 is 22.9 Å². The lowest BCUT2D eigenvalue weighted by molar-refractivity contribution is -0.117. The van der Waals surface area contributed by atoms with Gasteiger partial charge >= 0.3 is 0 Å².